The molecule has 142 valence electrons. The smallest absolute Gasteiger partial charge is 0.252 e. The molecule has 0 aliphatic carbocycles. The number of β-amino-alcohol motifs (C(OH)–C–C–N with tert-alkyl or cyclic N) is 1. The Morgan fingerprint density at radius 3 is 2.65 bits per heavy atom. The van der Waals surface area contributed by atoms with Crippen LogP contribution in [0.4, 0.5) is 0 Å². The summed E-state index contributed by atoms with van der Waals surface area (Å²) in [5.41, 5.74) is -0.150. The number of amides is 2. The highest BCUT2D eigenvalue weighted by molar-refractivity contribution is 6.10. The van der Waals surface area contributed by atoms with Crippen molar-refractivity contribution in [3.8, 4) is 0 Å². The summed E-state index contributed by atoms with van der Waals surface area (Å²) in [6.07, 6.45) is -0.308. The first-order valence-corrected chi connectivity index (χ1v) is 8.93. The van der Waals surface area contributed by atoms with E-state index < -0.39 is 23.6 Å². The number of aryl methyl sites for hydroxylation is 1. The van der Waals surface area contributed by atoms with Gasteiger partial charge in [-0.05, 0) is 26.7 Å². The van der Waals surface area contributed by atoms with Gasteiger partial charge in [0.1, 0.15) is 23.1 Å². The molecule has 2 N–H and O–H groups in total. The van der Waals surface area contributed by atoms with Crippen molar-refractivity contribution < 1.29 is 19.2 Å². The van der Waals surface area contributed by atoms with Crippen molar-refractivity contribution in [2.45, 2.75) is 64.6 Å². The molecule has 0 bridgehead atoms. The van der Waals surface area contributed by atoms with E-state index in [9.17, 15) is 14.7 Å². The summed E-state index contributed by atoms with van der Waals surface area (Å²) in [6.45, 7) is 9.35. The Labute approximate surface area is 152 Å². The van der Waals surface area contributed by atoms with Crippen LogP contribution in [0.3, 0.4) is 0 Å². The highest BCUT2D eigenvalue weighted by atomic mass is 16.5. The highest BCUT2D eigenvalue weighted by Gasteiger charge is 2.46. The Kier molecular flexibility index (Phi) is 4.64. The lowest BCUT2D eigenvalue weighted by Crippen LogP contribution is -2.48. The summed E-state index contributed by atoms with van der Waals surface area (Å²) in [4.78, 5) is 31.4. The van der Waals surface area contributed by atoms with E-state index in [1.165, 1.54) is 0 Å². The number of aliphatic hydroxyl groups excluding tert-OH is 1. The van der Waals surface area contributed by atoms with E-state index in [2.05, 4.69) is 15.5 Å². The van der Waals surface area contributed by atoms with Crippen LogP contribution in [-0.4, -0.2) is 57.0 Å². The van der Waals surface area contributed by atoms with Gasteiger partial charge in [-0.15, -0.1) is 0 Å². The van der Waals surface area contributed by atoms with E-state index >= 15 is 0 Å². The molecule has 0 radical (unpaired) electrons. The molecule has 8 heteroatoms. The number of likely N-dealkylation sites (tertiary alicyclic amines) is 1. The normalized spacial score (nSPS) is 26.2. The van der Waals surface area contributed by atoms with Crippen LogP contribution in [0.2, 0.25) is 0 Å². The fourth-order valence-electron chi connectivity index (χ4n) is 3.57. The van der Waals surface area contributed by atoms with Gasteiger partial charge < -0.3 is 19.8 Å². The first-order chi connectivity index (χ1) is 12.1. The number of amidine groups is 1. The average molecular weight is 362 g/mol. The number of aliphatic hydroxyl groups is 1. The van der Waals surface area contributed by atoms with E-state index in [4.69, 9.17) is 4.52 Å². The Balaban J connectivity index is 1.90. The van der Waals surface area contributed by atoms with Gasteiger partial charge in [-0.2, -0.15) is 0 Å². The SMILES string of the molecule is Cc1cc(C(C(=O)N2C[C@H](O)C[C@@H]2C2=NC(C)(C)C(=O)N2)C(C)C)on1. The Morgan fingerprint density at radius 2 is 2.15 bits per heavy atom. The maximum absolute atomic E-state index is 13.3. The lowest BCUT2D eigenvalue weighted by atomic mass is 9.91. The number of carbonyl (C=O) groups excluding carboxylic acids is 2. The number of nitrogens with zero attached hydrogens (tertiary/aromatic N) is 3. The molecule has 0 spiro atoms. The van der Waals surface area contributed by atoms with Gasteiger partial charge in [0.15, 0.2) is 0 Å². The van der Waals surface area contributed by atoms with Gasteiger partial charge in [-0.1, -0.05) is 19.0 Å². The summed E-state index contributed by atoms with van der Waals surface area (Å²) >= 11 is 0. The second kappa shape index (κ2) is 6.50. The van der Waals surface area contributed by atoms with Gasteiger partial charge in [0.2, 0.25) is 5.91 Å². The number of aliphatic imine (C=N–C) groups is 1. The predicted molar refractivity (Wildman–Crippen MR) is 94.6 cm³/mol. The minimum absolute atomic E-state index is 0.00945. The molecular formula is C18H26N4O4. The van der Waals surface area contributed by atoms with Gasteiger partial charge in [-0.3, -0.25) is 14.6 Å². The first kappa shape index (κ1) is 18.6. The standard InChI is InChI=1S/C18H26N4O4/c1-9(2)14(13-6-10(3)21-26-13)16(24)22-8-11(23)7-12(22)15-19-17(25)18(4,5)20-15/h6,9,11-12,14,23H,7-8H2,1-5H3,(H,19,20,25)/t11-,12-,14?/m1/s1. The molecule has 0 saturated carbocycles. The largest absolute Gasteiger partial charge is 0.391 e. The topological polar surface area (TPSA) is 108 Å². The van der Waals surface area contributed by atoms with E-state index in [1.807, 2.05) is 20.8 Å². The molecule has 3 heterocycles. The minimum atomic E-state index is -0.864. The molecule has 3 atom stereocenters. The number of nitrogens with one attached hydrogen (secondary N) is 1. The second-order valence-electron chi connectivity index (χ2n) is 8.00. The van der Waals surface area contributed by atoms with Crippen molar-refractivity contribution >= 4 is 17.6 Å². The number of aromatic nitrogens is 1. The van der Waals surface area contributed by atoms with Crippen molar-refractivity contribution in [2.75, 3.05) is 6.54 Å². The molecule has 3 rings (SSSR count). The van der Waals surface area contributed by atoms with Gasteiger partial charge in [0, 0.05) is 19.0 Å². The zero-order chi connectivity index (χ0) is 19.2. The molecule has 1 fully saturated rings. The third-order valence-corrected chi connectivity index (χ3v) is 4.96. The molecule has 1 aromatic rings. The minimum Gasteiger partial charge on any atom is -0.391 e. The van der Waals surface area contributed by atoms with Crippen LogP contribution in [0, 0.1) is 12.8 Å². The molecule has 2 aliphatic rings. The van der Waals surface area contributed by atoms with Crippen molar-refractivity contribution in [1.82, 2.24) is 15.4 Å². The van der Waals surface area contributed by atoms with Gasteiger partial charge in [0.25, 0.3) is 5.91 Å². The molecule has 0 aromatic carbocycles. The summed E-state index contributed by atoms with van der Waals surface area (Å²) in [6, 6.07) is 1.32. The number of hydrogen-bond acceptors (Lipinski definition) is 6. The van der Waals surface area contributed by atoms with Crippen molar-refractivity contribution in [1.29, 1.82) is 0 Å². The fraction of sp³-hybridized carbons (Fsp3) is 0.667. The average Bonchev–Trinajstić information content (AvgIpc) is 3.18. The van der Waals surface area contributed by atoms with E-state index in [0.29, 0.717) is 23.7 Å². The lowest BCUT2D eigenvalue weighted by Gasteiger charge is -2.29. The Bertz CT molecular complexity index is 752. The summed E-state index contributed by atoms with van der Waals surface area (Å²) in [7, 11) is 0. The molecule has 1 aromatic heterocycles. The number of rotatable bonds is 4. The van der Waals surface area contributed by atoms with Crippen LogP contribution in [0.1, 0.15) is 51.5 Å². The molecule has 8 nitrogen and oxygen atoms in total. The van der Waals surface area contributed by atoms with Gasteiger partial charge in [0.05, 0.1) is 17.8 Å². The van der Waals surface area contributed by atoms with Crippen molar-refractivity contribution in [3.63, 3.8) is 0 Å². The van der Waals surface area contributed by atoms with Crippen LogP contribution < -0.4 is 5.32 Å². The molecular weight excluding hydrogens is 336 g/mol. The monoisotopic (exact) mass is 362 g/mol. The first-order valence-electron chi connectivity index (χ1n) is 8.93. The van der Waals surface area contributed by atoms with Crippen LogP contribution in [0.25, 0.3) is 0 Å². The fourth-order valence-corrected chi connectivity index (χ4v) is 3.57. The zero-order valence-electron chi connectivity index (χ0n) is 15.8. The van der Waals surface area contributed by atoms with Gasteiger partial charge >= 0.3 is 0 Å². The molecule has 2 amide bonds. The number of hydrogen-bond donors (Lipinski definition) is 2. The zero-order valence-corrected chi connectivity index (χ0v) is 15.8. The van der Waals surface area contributed by atoms with E-state index in [1.54, 1.807) is 24.8 Å². The van der Waals surface area contributed by atoms with Crippen LogP contribution in [-0.2, 0) is 9.59 Å². The summed E-state index contributed by atoms with van der Waals surface area (Å²) in [5, 5.41) is 16.8. The second-order valence-corrected chi connectivity index (χ2v) is 8.00. The molecule has 1 unspecified atom stereocenters. The Hall–Kier alpha value is -2.22. The lowest BCUT2D eigenvalue weighted by molar-refractivity contribution is -0.134. The summed E-state index contributed by atoms with van der Waals surface area (Å²) < 4.78 is 5.35. The molecule has 26 heavy (non-hydrogen) atoms. The molecule has 2 aliphatic heterocycles. The third kappa shape index (κ3) is 3.25. The quantitative estimate of drug-likeness (QED) is 0.830. The van der Waals surface area contributed by atoms with Gasteiger partial charge in [-0.25, -0.2) is 0 Å². The summed E-state index contributed by atoms with van der Waals surface area (Å²) in [5.74, 6) is 0.0907. The van der Waals surface area contributed by atoms with E-state index in [0.717, 1.165) is 0 Å². The predicted octanol–water partition coefficient (Wildman–Crippen LogP) is 0.991. The molecule has 1 saturated heterocycles. The maximum atomic E-state index is 13.3. The third-order valence-electron chi connectivity index (χ3n) is 4.96. The van der Waals surface area contributed by atoms with E-state index in [-0.39, 0.29) is 24.3 Å². The van der Waals surface area contributed by atoms with Crippen LogP contribution in [0.5, 0.6) is 0 Å². The van der Waals surface area contributed by atoms with Crippen LogP contribution in [0.15, 0.2) is 15.6 Å². The van der Waals surface area contributed by atoms with Crippen molar-refractivity contribution in [3.05, 3.63) is 17.5 Å². The Morgan fingerprint density at radius 1 is 1.46 bits per heavy atom. The highest BCUT2D eigenvalue weighted by Crippen LogP contribution is 2.32. The maximum Gasteiger partial charge on any atom is 0.252 e. The van der Waals surface area contributed by atoms with Crippen LogP contribution >= 0.6 is 0 Å². The van der Waals surface area contributed by atoms with Crippen molar-refractivity contribution in [2.24, 2.45) is 10.9 Å². The number of carbonyl (C=O) groups is 2.